The minimum atomic E-state index is -2.50. The molecule has 8 nitrogen and oxygen atoms in total. The molecule has 0 spiro atoms. The van der Waals surface area contributed by atoms with Gasteiger partial charge in [-0.15, -0.1) is 0 Å². The SMILES string of the molecule is C=C(CC(C(=O)OCC)(C(=O)OCC)C(=O)OCC)C(=O)OCc1ccc(Br)cc1. The van der Waals surface area contributed by atoms with Crippen molar-refractivity contribution in [3.63, 3.8) is 0 Å². The van der Waals surface area contributed by atoms with Gasteiger partial charge in [-0.2, -0.15) is 0 Å². The van der Waals surface area contributed by atoms with Gasteiger partial charge < -0.3 is 18.9 Å². The third kappa shape index (κ3) is 6.41. The third-order valence-corrected chi connectivity index (χ3v) is 4.45. The van der Waals surface area contributed by atoms with E-state index in [1.165, 1.54) is 20.8 Å². The predicted octanol–water partition coefficient (Wildman–Crippen LogP) is 3.11. The lowest BCUT2D eigenvalue weighted by Gasteiger charge is -2.27. The molecule has 0 aliphatic heterocycles. The molecule has 164 valence electrons. The summed E-state index contributed by atoms with van der Waals surface area (Å²) in [5, 5.41) is 0. The van der Waals surface area contributed by atoms with Crippen molar-refractivity contribution >= 4 is 39.8 Å². The van der Waals surface area contributed by atoms with E-state index < -0.39 is 35.7 Å². The smallest absolute Gasteiger partial charge is 0.335 e. The van der Waals surface area contributed by atoms with E-state index in [1.807, 2.05) is 0 Å². The van der Waals surface area contributed by atoms with Crippen molar-refractivity contribution in [3.8, 4) is 0 Å². The van der Waals surface area contributed by atoms with Gasteiger partial charge in [0.25, 0.3) is 5.41 Å². The highest BCUT2D eigenvalue weighted by Crippen LogP contribution is 2.32. The Kier molecular flexibility index (Phi) is 10.2. The number of hydrogen-bond acceptors (Lipinski definition) is 8. The van der Waals surface area contributed by atoms with Gasteiger partial charge in [-0.1, -0.05) is 34.6 Å². The van der Waals surface area contributed by atoms with Crippen LogP contribution >= 0.6 is 15.9 Å². The summed E-state index contributed by atoms with van der Waals surface area (Å²) in [7, 11) is 0. The molecule has 0 unspecified atom stereocenters. The van der Waals surface area contributed by atoms with E-state index in [1.54, 1.807) is 24.3 Å². The van der Waals surface area contributed by atoms with Crippen molar-refractivity contribution in [2.45, 2.75) is 33.8 Å². The van der Waals surface area contributed by atoms with Crippen LogP contribution in [-0.4, -0.2) is 43.7 Å². The van der Waals surface area contributed by atoms with Crippen LogP contribution in [0.1, 0.15) is 32.8 Å². The highest BCUT2D eigenvalue weighted by atomic mass is 79.9. The standard InChI is InChI=1S/C21H25BrO8/c1-5-27-18(24)21(19(25)28-6-2,20(26)29-7-3)12-14(4)17(23)30-13-15-8-10-16(22)11-9-15/h8-11H,4-7,12-13H2,1-3H3. The van der Waals surface area contributed by atoms with E-state index in [9.17, 15) is 19.2 Å². The first-order valence-corrected chi connectivity index (χ1v) is 10.1. The van der Waals surface area contributed by atoms with Gasteiger partial charge in [0.15, 0.2) is 0 Å². The predicted molar refractivity (Wildman–Crippen MR) is 110 cm³/mol. The van der Waals surface area contributed by atoms with Crippen LogP contribution in [0.4, 0.5) is 0 Å². The molecule has 0 bridgehead atoms. The van der Waals surface area contributed by atoms with Crippen LogP contribution in [-0.2, 0) is 44.7 Å². The van der Waals surface area contributed by atoms with Gasteiger partial charge in [-0.3, -0.25) is 14.4 Å². The van der Waals surface area contributed by atoms with Crippen molar-refractivity contribution in [1.29, 1.82) is 0 Å². The molecule has 0 amide bonds. The van der Waals surface area contributed by atoms with Crippen LogP contribution < -0.4 is 0 Å². The Morgan fingerprint density at radius 1 is 0.833 bits per heavy atom. The molecule has 9 heteroatoms. The Morgan fingerprint density at radius 3 is 1.67 bits per heavy atom. The highest BCUT2D eigenvalue weighted by molar-refractivity contribution is 9.10. The summed E-state index contributed by atoms with van der Waals surface area (Å²) in [5.41, 5.74) is -2.07. The summed E-state index contributed by atoms with van der Waals surface area (Å²) < 4.78 is 20.8. The zero-order chi connectivity index (χ0) is 22.7. The number of carbonyl (C=O) groups excluding carboxylic acids is 4. The average molecular weight is 485 g/mol. The zero-order valence-corrected chi connectivity index (χ0v) is 18.8. The fourth-order valence-corrected chi connectivity index (χ4v) is 2.72. The van der Waals surface area contributed by atoms with Crippen LogP contribution in [0.5, 0.6) is 0 Å². The lowest BCUT2D eigenvalue weighted by molar-refractivity contribution is -0.183. The van der Waals surface area contributed by atoms with E-state index in [-0.39, 0.29) is 32.0 Å². The molecule has 0 fully saturated rings. The second-order valence-electron chi connectivity index (χ2n) is 6.05. The van der Waals surface area contributed by atoms with E-state index in [0.717, 1.165) is 4.47 Å². The van der Waals surface area contributed by atoms with Gasteiger partial charge in [0.2, 0.25) is 0 Å². The number of carbonyl (C=O) groups is 4. The molecule has 1 rings (SSSR count). The minimum absolute atomic E-state index is 0.0592. The Bertz CT molecular complexity index is 739. The molecule has 0 N–H and O–H groups in total. The van der Waals surface area contributed by atoms with Crippen molar-refractivity contribution in [2.75, 3.05) is 19.8 Å². The molecule has 0 aliphatic carbocycles. The molecule has 1 aromatic carbocycles. The van der Waals surface area contributed by atoms with Gasteiger partial charge in [0.1, 0.15) is 6.61 Å². The fourth-order valence-electron chi connectivity index (χ4n) is 2.45. The quantitative estimate of drug-likeness (QED) is 0.204. The maximum Gasteiger partial charge on any atom is 0.335 e. The Labute approximate surface area is 183 Å². The summed E-state index contributed by atoms with van der Waals surface area (Å²) in [6.45, 7) is 7.78. The van der Waals surface area contributed by atoms with Gasteiger partial charge in [0.05, 0.1) is 19.8 Å². The van der Waals surface area contributed by atoms with Gasteiger partial charge in [-0.25, -0.2) is 4.79 Å². The number of halogens is 1. The first-order valence-electron chi connectivity index (χ1n) is 9.33. The van der Waals surface area contributed by atoms with Crippen molar-refractivity contribution < 1.29 is 38.1 Å². The van der Waals surface area contributed by atoms with Crippen LogP contribution in [0.2, 0.25) is 0 Å². The Hall–Kier alpha value is -2.68. The number of rotatable bonds is 11. The molecule has 0 heterocycles. The summed E-state index contributed by atoms with van der Waals surface area (Å²) in [4.78, 5) is 50.4. The monoisotopic (exact) mass is 484 g/mol. The molecule has 0 radical (unpaired) electrons. The Morgan fingerprint density at radius 2 is 1.27 bits per heavy atom. The molecule has 0 aliphatic rings. The molecule has 30 heavy (non-hydrogen) atoms. The molecular weight excluding hydrogens is 460 g/mol. The van der Waals surface area contributed by atoms with Gasteiger partial charge in [0, 0.05) is 16.5 Å². The van der Waals surface area contributed by atoms with Crippen molar-refractivity contribution in [3.05, 3.63) is 46.5 Å². The molecule has 1 aromatic rings. The van der Waals surface area contributed by atoms with Crippen LogP contribution in [0.15, 0.2) is 40.9 Å². The lowest BCUT2D eigenvalue weighted by atomic mass is 9.81. The van der Waals surface area contributed by atoms with Crippen LogP contribution in [0, 0.1) is 5.41 Å². The second kappa shape index (κ2) is 12.1. The molecule has 0 aromatic heterocycles. The lowest BCUT2D eigenvalue weighted by Crippen LogP contribution is -2.50. The third-order valence-electron chi connectivity index (χ3n) is 3.92. The normalized spacial score (nSPS) is 10.7. The summed E-state index contributed by atoms with van der Waals surface area (Å²) in [6, 6.07) is 7.07. The van der Waals surface area contributed by atoms with E-state index >= 15 is 0 Å². The van der Waals surface area contributed by atoms with E-state index in [0.29, 0.717) is 5.56 Å². The average Bonchev–Trinajstić information content (AvgIpc) is 2.71. The summed E-state index contributed by atoms with van der Waals surface area (Å²) >= 11 is 3.31. The first-order chi connectivity index (χ1) is 14.2. The van der Waals surface area contributed by atoms with Crippen molar-refractivity contribution in [2.24, 2.45) is 5.41 Å². The topological polar surface area (TPSA) is 105 Å². The number of hydrogen-bond donors (Lipinski definition) is 0. The molecule has 0 saturated carbocycles. The second-order valence-corrected chi connectivity index (χ2v) is 6.97. The van der Waals surface area contributed by atoms with E-state index in [2.05, 4.69) is 22.5 Å². The van der Waals surface area contributed by atoms with Crippen LogP contribution in [0.25, 0.3) is 0 Å². The first kappa shape index (κ1) is 25.4. The fraction of sp³-hybridized carbons (Fsp3) is 0.429. The molecule has 0 saturated heterocycles. The van der Waals surface area contributed by atoms with Gasteiger partial charge >= 0.3 is 23.9 Å². The van der Waals surface area contributed by atoms with Gasteiger partial charge in [-0.05, 0) is 38.5 Å². The zero-order valence-electron chi connectivity index (χ0n) is 17.2. The highest BCUT2D eigenvalue weighted by Gasteiger charge is 2.58. The maximum absolute atomic E-state index is 12.6. The van der Waals surface area contributed by atoms with E-state index in [4.69, 9.17) is 18.9 Å². The number of ether oxygens (including phenoxy) is 4. The summed E-state index contributed by atoms with van der Waals surface area (Å²) in [6.07, 6.45) is -0.692. The molecular formula is C21H25BrO8. The van der Waals surface area contributed by atoms with Crippen molar-refractivity contribution in [1.82, 2.24) is 0 Å². The molecule has 0 atom stereocenters. The maximum atomic E-state index is 12.6. The largest absolute Gasteiger partial charge is 0.465 e. The Balaban J connectivity index is 3.09. The minimum Gasteiger partial charge on any atom is -0.465 e. The van der Waals surface area contributed by atoms with Crippen LogP contribution in [0.3, 0.4) is 0 Å². The summed E-state index contributed by atoms with van der Waals surface area (Å²) in [5.74, 6) is -4.41. The number of benzene rings is 1. The number of esters is 4.